The normalized spacial score (nSPS) is 10.9. The van der Waals surface area contributed by atoms with Crippen LogP contribution in [0, 0.1) is 0 Å². The molecule has 16 heavy (non-hydrogen) atoms. The molecule has 0 bridgehead atoms. The summed E-state index contributed by atoms with van der Waals surface area (Å²) in [5.41, 5.74) is 0. The zero-order valence-corrected chi connectivity index (χ0v) is 9.85. The summed E-state index contributed by atoms with van der Waals surface area (Å²) in [6.45, 7) is 2.42. The van der Waals surface area contributed by atoms with Crippen molar-refractivity contribution in [2.45, 2.75) is 13.1 Å². The highest BCUT2D eigenvalue weighted by Crippen LogP contribution is 2.08. The fraction of sp³-hybridized carbons (Fsp3) is 0.400. The molecule has 2 rings (SSSR count). The minimum Gasteiger partial charge on any atom is -0.321 e. The molecular formula is C10H14ClN5. The lowest BCUT2D eigenvalue weighted by molar-refractivity contribution is 0.542. The molecule has 0 fully saturated rings. The van der Waals surface area contributed by atoms with Gasteiger partial charge in [0.05, 0.1) is 19.3 Å². The Morgan fingerprint density at radius 1 is 1.50 bits per heavy atom. The van der Waals surface area contributed by atoms with Crippen LogP contribution in [-0.2, 0) is 20.1 Å². The van der Waals surface area contributed by atoms with E-state index in [4.69, 9.17) is 11.6 Å². The highest BCUT2D eigenvalue weighted by molar-refractivity contribution is 6.29. The molecule has 2 aromatic heterocycles. The first-order valence-corrected chi connectivity index (χ1v) is 5.49. The standard InChI is InChI=1S/C10H14ClN5/c1-15-9(11)7-13-10(15)8-12-4-6-16-5-2-3-14-16/h2-3,5,7,12H,4,6,8H2,1H3. The van der Waals surface area contributed by atoms with Crippen molar-refractivity contribution in [1.82, 2.24) is 24.6 Å². The molecule has 0 aliphatic heterocycles. The predicted octanol–water partition coefficient (Wildman–Crippen LogP) is 1.06. The molecular weight excluding hydrogens is 226 g/mol. The third-order valence-electron chi connectivity index (χ3n) is 2.39. The van der Waals surface area contributed by atoms with Crippen LogP contribution in [0.3, 0.4) is 0 Å². The van der Waals surface area contributed by atoms with Crippen LogP contribution < -0.4 is 5.32 Å². The van der Waals surface area contributed by atoms with Crippen molar-refractivity contribution in [3.63, 3.8) is 0 Å². The lowest BCUT2D eigenvalue weighted by atomic mass is 10.5. The second-order valence-corrected chi connectivity index (χ2v) is 3.89. The number of rotatable bonds is 5. The van der Waals surface area contributed by atoms with Gasteiger partial charge in [-0.15, -0.1) is 0 Å². The van der Waals surface area contributed by atoms with Crippen molar-refractivity contribution in [3.05, 3.63) is 35.6 Å². The van der Waals surface area contributed by atoms with Gasteiger partial charge in [-0.05, 0) is 6.07 Å². The fourth-order valence-electron chi connectivity index (χ4n) is 1.42. The fourth-order valence-corrected chi connectivity index (χ4v) is 1.56. The van der Waals surface area contributed by atoms with Crippen molar-refractivity contribution in [2.24, 2.45) is 7.05 Å². The number of hydrogen-bond donors (Lipinski definition) is 1. The van der Waals surface area contributed by atoms with Gasteiger partial charge in [-0.2, -0.15) is 5.10 Å². The number of hydrogen-bond acceptors (Lipinski definition) is 3. The second-order valence-electron chi connectivity index (χ2n) is 3.50. The lowest BCUT2D eigenvalue weighted by Gasteiger charge is -2.05. The molecule has 5 nitrogen and oxygen atoms in total. The molecule has 1 N–H and O–H groups in total. The van der Waals surface area contributed by atoms with Crippen molar-refractivity contribution in [3.8, 4) is 0 Å². The molecule has 2 aromatic rings. The largest absolute Gasteiger partial charge is 0.321 e. The van der Waals surface area contributed by atoms with E-state index in [0.717, 1.165) is 18.9 Å². The Hall–Kier alpha value is -1.33. The van der Waals surface area contributed by atoms with Crippen LogP contribution in [0.1, 0.15) is 5.82 Å². The first-order chi connectivity index (χ1) is 7.77. The van der Waals surface area contributed by atoms with Gasteiger partial charge in [0.15, 0.2) is 0 Å². The van der Waals surface area contributed by atoms with E-state index in [9.17, 15) is 0 Å². The maximum atomic E-state index is 5.88. The maximum absolute atomic E-state index is 5.88. The van der Waals surface area contributed by atoms with Gasteiger partial charge < -0.3 is 9.88 Å². The minimum absolute atomic E-state index is 0.656. The Labute approximate surface area is 99.0 Å². The summed E-state index contributed by atoms with van der Waals surface area (Å²) in [4.78, 5) is 4.20. The van der Waals surface area contributed by atoms with Crippen molar-refractivity contribution < 1.29 is 0 Å². The molecule has 0 spiro atoms. The van der Waals surface area contributed by atoms with E-state index >= 15 is 0 Å². The molecule has 2 heterocycles. The van der Waals surface area contributed by atoms with Gasteiger partial charge in [-0.3, -0.25) is 4.68 Å². The molecule has 6 heteroatoms. The maximum Gasteiger partial charge on any atom is 0.128 e. The monoisotopic (exact) mass is 239 g/mol. The average Bonchev–Trinajstić information content (AvgIpc) is 2.88. The van der Waals surface area contributed by atoms with E-state index in [0.29, 0.717) is 11.7 Å². The molecule has 0 amide bonds. The third kappa shape index (κ3) is 2.62. The molecule has 0 atom stereocenters. The topological polar surface area (TPSA) is 47.7 Å². The first-order valence-electron chi connectivity index (χ1n) is 5.11. The quantitative estimate of drug-likeness (QED) is 0.794. The SMILES string of the molecule is Cn1c(Cl)cnc1CNCCn1cccn1. The summed E-state index contributed by atoms with van der Waals surface area (Å²) in [6, 6.07) is 1.92. The van der Waals surface area contributed by atoms with E-state index in [-0.39, 0.29) is 0 Å². The van der Waals surface area contributed by atoms with Gasteiger partial charge in [0.1, 0.15) is 11.0 Å². The zero-order chi connectivity index (χ0) is 11.4. The van der Waals surface area contributed by atoms with E-state index in [1.165, 1.54) is 0 Å². The van der Waals surface area contributed by atoms with Gasteiger partial charge in [0.25, 0.3) is 0 Å². The summed E-state index contributed by atoms with van der Waals surface area (Å²) in [7, 11) is 1.90. The summed E-state index contributed by atoms with van der Waals surface area (Å²) in [6.07, 6.45) is 5.38. The summed E-state index contributed by atoms with van der Waals surface area (Å²) < 4.78 is 3.75. The van der Waals surface area contributed by atoms with Crippen molar-refractivity contribution >= 4 is 11.6 Å². The number of nitrogens with zero attached hydrogens (tertiary/aromatic N) is 4. The molecule has 0 aromatic carbocycles. The highest BCUT2D eigenvalue weighted by Gasteiger charge is 2.02. The average molecular weight is 240 g/mol. The Bertz CT molecular complexity index is 434. The van der Waals surface area contributed by atoms with E-state index in [1.54, 1.807) is 12.4 Å². The Kier molecular flexibility index (Phi) is 3.58. The third-order valence-corrected chi connectivity index (χ3v) is 2.74. The molecule has 0 saturated carbocycles. The van der Waals surface area contributed by atoms with Crippen LogP contribution in [0.25, 0.3) is 0 Å². The number of aromatic nitrogens is 4. The second kappa shape index (κ2) is 5.14. The predicted molar refractivity (Wildman–Crippen MR) is 62.2 cm³/mol. The van der Waals surface area contributed by atoms with Crippen LogP contribution in [0.15, 0.2) is 24.7 Å². The van der Waals surface area contributed by atoms with Gasteiger partial charge in [0, 0.05) is 26.0 Å². The Morgan fingerprint density at radius 2 is 2.38 bits per heavy atom. The number of halogens is 1. The van der Waals surface area contributed by atoms with E-state index in [2.05, 4.69) is 15.4 Å². The van der Waals surface area contributed by atoms with Crippen molar-refractivity contribution in [2.75, 3.05) is 6.54 Å². The van der Waals surface area contributed by atoms with Crippen LogP contribution in [-0.4, -0.2) is 25.9 Å². The highest BCUT2D eigenvalue weighted by atomic mass is 35.5. The molecule has 0 radical (unpaired) electrons. The Morgan fingerprint density at radius 3 is 3.00 bits per heavy atom. The van der Waals surface area contributed by atoms with Crippen LogP contribution in [0.2, 0.25) is 5.15 Å². The lowest BCUT2D eigenvalue weighted by Crippen LogP contribution is -2.21. The smallest absolute Gasteiger partial charge is 0.128 e. The number of nitrogens with one attached hydrogen (secondary N) is 1. The number of imidazole rings is 1. The first kappa shape index (κ1) is 11.2. The molecule has 0 aliphatic carbocycles. The molecule has 0 saturated heterocycles. The molecule has 0 aliphatic rings. The van der Waals surface area contributed by atoms with E-state index < -0.39 is 0 Å². The van der Waals surface area contributed by atoms with Gasteiger partial charge in [-0.1, -0.05) is 11.6 Å². The summed E-state index contributed by atoms with van der Waals surface area (Å²) in [5, 5.41) is 8.06. The van der Waals surface area contributed by atoms with Crippen LogP contribution in [0.4, 0.5) is 0 Å². The molecule has 0 unspecified atom stereocenters. The van der Waals surface area contributed by atoms with Gasteiger partial charge in [-0.25, -0.2) is 4.98 Å². The van der Waals surface area contributed by atoms with Crippen LogP contribution >= 0.6 is 11.6 Å². The van der Waals surface area contributed by atoms with E-state index in [1.807, 2.05) is 28.6 Å². The van der Waals surface area contributed by atoms with Gasteiger partial charge in [0.2, 0.25) is 0 Å². The van der Waals surface area contributed by atoms with Gasteiger partial charge >= 0.3 is 0 Å². The zero-order valence-electron chi connectivity index (χ0n) is 9.10. The Balaban J connectivity index is 1.74. The van der Waals surface area contributed by atoms with Crippen LogP contribution in [0.5, 0.6) is 0 Å². The summed E-state index contributed by atoms with van der Waals surface area (Å²) in [5.74, 6) is 0.936. The molecule has 86 valence electrons. The minimum atomic E-state index is 0.656. The summed E-state index contributed by atoms with van der Waals surface area (Å²) >= 11 is 5.88. The van der Waals surface area contributed by atoms with Crippen molar-refractivity contribution in [1.29, 1.82) is 0 Å².